The predicted molar refractivity (Wildman–Crippen MR) is 102 cm³/mol. The number of ether oxygens (including phenoxy) is 1. The highest BCUT2D eigenvalue weighted by atomic mass is 32.2. The first-order valence-corrected chi connectivity index (χ1v) is 10.2. The molecule has 0 atom stereocenters. The van der Waals surface area contributed by atoms with Crippen molar-refractivity contribution in [1.29, 1.82) is 0 Å². The normalized spacial score (nSPS) is 11.7. The first-order chi connectivity index (χ1) is 12.6. The Hall–Kier alpha value is -2.38. The standard InChI is InChI=1S/C19H23N3O3S/c1-2-3-14-25-17-10-6-7-11-18(17)26(23,24)20-13-12-19-21-15-8-4-5-9-16(15)22-19/h4-11,20H,2-3,12-14H2,1H3,(H,21,22). The molecule has 26 heavy (non-hydrogen) atoms. The molecule has 0 unspecified atom stereocenters. The summed E-state index contributed by atoms with van der Waals surface area (Å²) in [6.07, 6.45) is 2.35. The van der Waals surface area contributed by atoms with E-state index in [0.717, 1.165) is 29.7 Å². The summed E-state index contributed by atoms with van der Waals surface area (Å²) < 4.78 is 33.5. The molecule has 0 spiro atoms. The van der Waals surface area contributed by atoms with Gasteiger partial charge in [-0.3, -0.25) is 0 Å². The SMILES string of the molecule is CCCCOc1ccccc1S(=O)(=O)NCCc1nc2ccccc2[nH]1. The van der Waals surface area contributed by atoms with E-state index in [4.69, 9.17) is 4.74 Å². The molecule has 0 radical (unpaired) electrons. The highest BCUT2D eigenvalue weighted by Gasteiger charge is 2.19. The van der Waals surface area contributed by atoms with E-state index < -0.39 is 10.0 Å². The Morgan fingerprint density at radius 2 is 1.88 bits per heavy atom. The smallest absolute Gasteiger partial charge is 0.244 e. The first-order valence-electron chi connectivity index (χ1n) is 8.75. The summed E-state index contributed by atoms with van der Waals surface area (Å²) in [4.78, 5) is 7.82. The van der Waals surface area contributed by atoms with Gasteiger partial charge in [-0.05, 0) is 30.7 Å². The van der Waals surface area contributed by atoms with Gasteiger partial charge < -0.3 is 9.72 Å². The third kappa shape index (κ3) is 4.42. The minimum atomic E-state index is -3.64. The number of hydrogen-bond acceptors (Lipinski definition) is 4. The fourth-order valence-electron chi connectivity index (χ4n) is 2.62. The number of nitrogens with zero attached hydrogens (tertiary/aromatic N) is 1. The molecule has 0 saturated carbocycles. The molecule has 138 valence electrons. The molecule has 0 amide bonds. The second kappa shape index (κ2) is 8.33. The molecule has 0 aliphatic rings. The molecule has 1 aromatic heterocycles. The van der Waals surface area contributed by atoms with Gasteiger partial charge in [0.05, 0.1) is 17.6 Å². The average Bonchev–Trinajstić information content (AvgIpc) is 3.05. The van der Waals surface area contributed by atoms with Crippen LogP contribution in [0.5, 0.6) is 5.75 Å². The number of unbranched alkanes of at least 4 members (excludes halogenated alkanes) is 1. The fraction of sp³-hybridized carbons (Fsp3) is 0.316. The molecule has 3 rings (SSSR count). The van der Waals surface area contributed by atoms with Gasteiger partial charge in [0.15, 0.2) is 0 Å². The highest BCUT2D eigenvalue weighted by molar-refractivity contribution is 7.89. The van der Waals surface area contributed by atoms with Crippen LogP contribution in [0.3, 0.4) is 0 Å². The second-order valence-electron chi connectivity index (χ2n) is 6.00. The van der Waals surface area contributed by atoms with E-state index in [0.29, 0.717) is 18.8 Å². The number of para-hydroxylation sites is 3. The maximum atomic E-state index is 12.6. The highest BCUT2D eigenvalue weighted by Crippen LogP contribution is 2.23. The molecule has 2 N–H and O–H groups in total. The van der Waals surface area contributed by atoms with Crippen LogP contribution in [0.2, 0.25) is 0 Å². The number of aromatic nitrogens is 2. The molecular weight excluding hydrogens is 350 g/mol. The maximum Gasteiger partial charge on any atom is 0.244 e. The Balaban J connectivity index is 1.65. The van der Waals surface area contributed by atoms with Crippen LogP contribution in [0.25, 0.3) is 11.0 Å². The van der Waals surface area contributed by atoms with E-state index in [9.17, 15) is 8.42 Å². The largest absolute Gasteiger partial charge is 0.492 e. The van der Waals surface area contributed by atoms with Crippen molar-refractivity contribution >= 4 is 21.1 Å². The number of sulfonamides is 1. The summed E-state index contributed by atoms with van der Waals surface area (Å²) in [6, 6.07) is 14.4. The Labute approximate surface area is 153 Å². The van der Waals surface area contributed by atoms with Gasteiger partial charge in [0.25, 0.3) is 0 Å². The molecule has 0 fully saturated rings. The molecule has 3 aromatic rings. The van der Waals surface area contributed by atoms with Gasteiger partial charge in [-0.1, -0.05) is 37.6 Å². The quantitative estimate of drug-likeness (QED) is 0.564. The van der Waals surface area contributed by atoms with Crippen LogP contribution >= 0.6 is 0 Å². The number of H-pyrrole nitrogens is 1. The van der Waals surface area contributed by atoms with Crippen LogP contribution in [-0.4, -0.2) is 31.5 Å². The van der Waals surface area contributed by atoms with Crippen molar-refractivity contribution in [1.82, 2.24) is 14.7 Å². The second-order valence-corrected chi connectivity index (χ2v) is 7.73. The topological polar surface area (TPSA) is 84.1 Å². The number of nitrogens with one attached hydrogen (secondary N) is 2. The Bertz CT molecular complexity index is 934. The zero-order valence-electron chi connectivity index (χ0n) is 14.7. The summed E-state index contributed by atoms with van der Waals surface area (Å²) in [5.41, 5.74) is 1.82. The zero-order valence-corrected chi connectivity index (χ0v) is 15.6. The van der Waals surface area contributed by atoms with E-state index in [1.165, 1.54) is 0 Å². The van der Waals surface area contributed by atoms with E-state index >= 15 is 0 Å². The number of rotatable bonds is 9. The lowest BCUT2D eigenvalue weighted by atomic mass is 10.3. The summed E-state index contributed by atoms with van der Waals surface area (Å²) in [5.74, 6) is 1.14. The predicted octanol–water partition coefficient (Wildman–Crippen LogP) is 3.26. The van der Waals surface area contributed by atoms with Crippen LogP contribution in [-0.2, 0) is 16.4 Å². The monoisotopic (exact) mass is 373 g/mol. The Morgan fingerprint density at radius 3 is 2.69 bits per heavy atom. The number of aromatic amines is 1. The fourth-order valence-corrected chi connectivity index (χ4v) is 3.80. The van der Waals surface area contributed by atoms with Gasteiger partial charge in [0.1, 0.15) is 16.5 Å². The van der Waals surface area contributed by atoms with Crippen molar-refractivity contribution in [3.63, 3.8) is 0 Å². The van der Waals surface area contributed by atoms with E-state index in [2.05, 4.69) is 21.6 Å². The van der Waals surface area contributed by atoms with Crippen molar-refractivity contribution < 1.29 is 13.2 Å². The van der Waals surface area contributed by atoms with Crippen LogP contribution < -0.4 is 9.46 Å². The van der Waals surface area contributed by atoms with E-state index in [1.807, 2.05) is 24.3 Å². The zero-order chi connectivity index (χ0) is 18.4. The maximum absolute atomic E-state index is 12.6. The average molecular weight is 373 g/mol. The van der Waals surface area contributed by atoms with Crippen molar-refractivity contribution in [2.24, 2.45) is 0 Å². The lowest BCUT2D eigenvalue weighted by molar-refractivity contribution is 0.301. The Morgan fingerprint density at radius 1 is 1.12 bits per heavy atom. The molecule has 0 saturated heterocycles. The van der Waals surface area contributed by atoms with Crippen molar-refractivity contribution in [2.75, 3.05) is 13.2 Å². The number of benzene rings is 2. The summed E-state index contributed by atoms with van der Waals surface area (Å²) in [5, 5.41) is 0. The van der Waals surface area contributed by atoms with Gasteiger partial charge in [0, 0.05) is 13.0 Å². The Kier molecular flexibility index (Phi) is 5.90. The van der Waals surface area contributed by atoms with Crippen molar-refractivity contribution in [3.05, 3.63) is 54.4 Å². The lowest BCUT2D eigenvalue weighted by Crippen LogP contribution is -2.26. The minimum Gasteiger partial charge on any atom is -0.492 e. The molecular formula is C19H23N3O3S. The first kappa shape index (κ1) is 18.4. The van der Waals surface area contributed by atoms with Crippen molar-refractivity contribution in [2.45, 2.75) is 31.1 Å². The van der Waals surface area contributed by atoms with Gasteiger partial charge in [-0.25, -0.2) is 18.1 Å². The minimum absolute atomic E-state index is 0.167. The number of imidazole rings is 1. The molecule has 0 aliphatic heterocycles. The third-order valence-corrected chi connectivity index (χ3v) is 5.49. The van der Waals surface area contributed by atoms with E-state index in [1.54, 1.807) is 24.3 Å². The van der Waals surface area contributed by atoms with Gasteiger partial charge in [-0.2, -0.15) is 0 Å². The van der Waals surface area contributed by atoms with Crippen LogP contribution in [0.4, 0.5) is 0 Å². The van der Waals surface area contributed by atoms with Gasteiger partial charge in [-0.15, -0.1) is 0 Å². The summed E-state index contributed by atoms with van der Waals surface area (Å²) in [6.45, 7) is 2.82. The molecule has 0 aliphatic carbocycles. The van der Waals surface area contributed by atoms with Crippen LogP contribution in [0, 0.1) is 0 Å². The van der Waals surface area contributed by atoms with Gasteiger partial charge in [0.2, 0.25) is 10.0 Å². The lowest BCUT2D eigenvalue weighted by Gasteiger charge is -2.12. The summed E-state index contributed by atoms with van der Waals surface area (Å²) in [7, 11) is -3.64. The third-order valence-electron chi connectivity index (χ3n) is 3.99. The molecule has 7 heteroatoms. The number of hydrogen-bond donors (Lipinski definition) is 2. The number of fused-ring (bicyclic) bond motifs is 1. The molecule has 2 aromatic carbocycles. The molecule has 1 heterocycles. The molecule has 6 nitrogen and oxygen atoms in total. The van der Waals surface area contributed by atoms with Crippen LogP contribution in [0.1, 0.15) is 25.6 Å². The molecule has 0 bridgehead atoms. The van der Waals surface area contributed by atoms with Crippen LogP contribution in [0.15, 0.2) is 53.4 Å². The van der Waals surface area contributed by atoms with E-state index in [-0.39, 0.29) is 11.4 Å². The van der Waals surface area contributed by atoms with Gasteiger partial charge >= 0.3 is 0 Å². The van der Waals surface area contributed by atoms with Crippen molar-refractivity contribution in [3.8, 4) is 5.75 Å². The summed E-state index contributed by atoms with van der Waals surface area (Å²) >= 11 is 0.